The molecule has 2 aromatic carbocycles. The first-order valence-corrected chi connectivity index (χ1v) is 10.1. The Morgan fingerprint density at radius 2 is 1.94 bits per heavy atom. The van der Waals surface area contributed by atoms with Gasteiger partial charge >= 0.3 is 12.1 Å². The second kappa shape index (κ2) is 11.3. The van der Waals surface area contributed by atoms with Crippen LogP contribution < -0.4 is 10.8 Å². The Bertz CT molecular complexity index is 1410. The van der Waals surface area contributed by atoms with E-state index >= 15 is 0 Å². The number of anilines is 2. The van der Waals surface area contributed by atoms with Crippen LogP contribution in [0, 0.1) is 5.82 Å². The van der Waals surface area contributed by atoms with E-state index in [0.717, 1.165) is 11.0 Å². The van der Waals surface area contributed by atoms with Gasteiger partial charge in [0.25, 0.3) is 5.91 Å². The van der Waals surface area contributed by atoms with Gasteiger partial charge in [0.05, 0.1) is 27.5 Å². The van der Waals surface area contributed by atoms with Crippen LogP contribution in [0.3, 0.4) is 0 Å². The van der Waals surface area contributed by atoms with Crippen LogP contribution in [0.5, 0.6) is 0 Å². The van der Waals surface area contributed by atoms with E-state index in [0.29, 0.717) is 11.3 Å². The van der Waals surface area contributed by atoms with Crippen LogP contribution in [0.4, 0.5) is 29.1 Å². The summed E-state index contributed by atoms with van der Waals surface area (Å²) in [5.41, 5.74) is 4.98. The lowest BCUT2D eigenvalue weighted by atomic mass is 10.2. The lowest BCUT2D eigenvalue weighted by Gasteiger charge is -2.03. The number of aromatic amines is 1. The molecule has 0 aliphatic heterocycles. The Morgan fingerprint density at radius 3 is 2.64 bits per heavy atom. The number of H-pyrrole nitrogens is 1. The maximum absolute atomic E-state index is 13.2. The van der Waals surface area contributed by atoms with Gasteiger partial charge in [-0.05, 0) is 62.6 Å². The first-order valence-electron chi connectivity index (χ1n) is 9.32. The van der Waals surface area contributed by atoms with Gasteiger partial charge in [0.2, 0.25) is 5.82 Å². The lowest BCUT2D eigenvalue weighted by Crippen LogP contribution is -2.21. The summed E-state index contributed by atoms with van der Waals surface area (Å²) in [4.78, 5) is 33.3. The number of carbonyl (C=O) groups excluding carboxylic acids is 1. The monoisotopic (exact) mass is 573 g/mol. The van der Waals surface area contributed by atoms with Gasteiger partial charge in [0.1, 0.15) is 12.0 Å². The number of aromatic nitrogens is 4. The van der Waals surface area contributed by atoms with Crippen LogP contribution >= 0.6 is 15.9 Å². The SMILES string of the molecule is O=C(Nc1nonc1/C=N/ONc1ccc(F)c(Br)c1)c1ccc2nc[nH]c2c1.O=C(O)C(F)(F)F. The molecule has 4 N–H and O–H groups in total. The zero-order valence-corrected chi connectivity index (χ0v) is 19.0. The van der Waals surface area contributed by atoms with Crippen molar-refractivity contribution in [1.82, 2.24) is 20.3 Å². The van der Waals surface area contributed by atoms with Gasteiger partial charge in [-0.3, -0.25) is 9.73 Å². The molecule has 12 nitrogen and oxygen atoms in total. The van der Waals surface area contributed by atoms with E-state index in [1.807, 2.05) is 0 Å². The van der Waals surface area contributed by atoms with Crippen LogP contribution in [0.1, 0.15) is 16.1 Å². The topological polar surface area (TPSA) is 168 Å². The van der Waals surface area contributed by atoms with Crippen molar-refractivity contribution in [3.8, 4) is 0 Å². The third kappa shape index (κ3) is 6.98. The number of oxime groups is 1. The second-order valence-electron chi connectivity index (χ2n) is 6.45. The van der Waals surface area contributed by atoms with Crippen molar-refractivity contribution in [2.24, 2.45) is 5.16 Å². The van der Waals surface area contributed by atoms with E-state index in [-0.39, 0.29) is 16.0 Å². The molecular weight excluding hydrogens is 562 g/mol. The molecule has 2 heterocycles. The fourth-order valence-electron chi connectivity index (χ4n) is 2.34. The summed E-state index contributed by atoms with van der Waals surface area (Å²) in [6, 6.07) is 9.22. The van der Waals surface area contributed by atoms with Crippen molar-refractivity contribution in [2.75, 3.05) is 10.8 Å². The molecular formula is C19H12BrF4N7O5. The molecule has 36 heavy (non-hydrogen) atoms. The number of benzene rings is 2. The molecule has 0 unspecified atom stereocenters. The number of nitrogens with zero attached hydrogens (tertiary/aromatic N) is 4. The van der Waals surface area contributed by atoms with E-state index in [4.69, 9.17) is 14.8 Å². The van der Waals surface area contributed by atoms with Gasteiger partial charge in [-0.15, -0.1) is 0 Å². The Kier molecular flexibility index (Phi) is 8.15. The highest BCUT2D eigenvalue weighted by molar-refractivity contribution is 9.10. The smallest absolute Gasteiger partial charge is 0.475 e. The van der Waals surface area contributed by atoms with Crippen molar-refractivity contribution >= 4 is 56.6 Å². The first kappa shape index (κ1) is 26.1. The zero-order valence-electron chi connectivity index (χ0n) is 17.4. The Morgan fingerprint density at radius 1 is 1.19 bits per heavy atom. The average molecular weight is 574 g/mol. The van der Waals surface area contributed by atoms with Gasteiger partial charge in [-0.25, -0.2) is 18.8 Å². The summed E-state index contributed by atoms with van der Waals surface area (Å²) >= 11 is 3.06. The van der Waals surface area contributed by atoms with Crippen LogP contribution in [0.2, 0.25) is 0 Å². The highest BCUT2D eigenvalue weighted by Gasteiger charge is 2.38. The van der Waals surface area contributed by atoms with E-state index in [9.17, 15) is 22.4 Å². The van der Waals surface area contributed by atoms with Crippen LogP contribution in [-0.4, -0.2) is 49.7 Å². The molecule has 1 amide bonds. The number of fused-ring (bicyclic) bond motifs is 1. The molecule has 0 aliphatic rings. The fourth-order valence-corrected chi connectivity index (χ4v) is 2.72. The standard InChI is InChI=1S/C17H11BrFN7O3.C2HF3O2/c18-11-6-10(2-3-12(11)19)24-28-22-7-15-16(26-29-25-15)23-17(27)9-1-4-13-14(5-9)21-8-20-13;3-2(4,5)1(6)7/h1-8,24H,(H,20,21)(H,23,26,27);(H,6,7)/b22-7+;. The number of carboxylic acids is 1. The van der Waals surface area contributed by atoms with E-state index < -0.39 is 23.9 Å². The van der Waals surface area contributed by atoms with Gasteiger partial charge in [0, 0.05) is 5.56 Å². The third-order valence-corrected chi connectivity index (χ3v) is 4.59. The Balaban J connectivity index is 0.000000454. The van der Waals surface area contributed by atoms with Gasteiger partial charge in [-0.2, -0.15) is 18.7 Å². The van der Waals surface area contributed by atoms with Crippen LogP contribution in [0.15, 0.2) is 57.0 Å². The third-order valence-electron chi connectivity index (χ3n) is 3.98. The summed E-state index contributed by atoms with van der Waals surface area (Å²) in [6.45, 7) is 0. The van der Waals surface area contributed by atoms with Crippen molar-refractivity contribution in [3.63, 3.8) is 0 Å². The minimum Gasteiger partial charge on any atom is -0.475 e. The summed E-state index contributed by atoms with van der Waals surface area (Å²) in [5.74, 6) is -3.51. The predicted molar refractivity (Wildman–Crippen MR) is 118 cm³/mol. The molecule has 4 aromatic rings. The number of hydrogen-bond acceptors (Lipinski definition) is 9. The Labute approximate surface area is 205 Å². The van der Waals surface area contributed by atoms with Crippen molar-refractivity contribution in [1.29, 1.82) is 0 Å². The average Bonchev–Trinajstić information content (AvgIpc) is 3.47. The number of carboxylic acid groups (broad SMARTS) is 1. The number of imidazole rings is 1. The molecule has 2 aromatic heterocycles. The molecule has 0 radical (unpaired) electrons. The molecule has 0 saturated carbocycles. The van der Waals surface area contributed by atoms with E-state index in [2.05, 4.69) is 56.8 Å². The minimum absolute atomic E-state index is 0.0663. The van der Waals surface area contributed by atoms with Gasteiger partial charge < -0.3 is 15.4 Å². The number of carbonyl (C=O) groups is 2. The summed E-state index contributed by atoms with van der Waals surface area (Å²) in [7, 11) is 0. The zero-order chi connectivity index (χ0) is 26.3. The molecule has 0 aliphatic carbocycles. The number of aliphatic carboxylic acids is 1. The number of hydrogen-bond donors (Lipinski definition) is 4. The van der Waals surface area contributed by atoms with E-state index in [1.54, 1.807) is 24.5 Å². The lowest BCUT2D eigenvalue weighted by molar-refractivity contribution is -0.192. The molecule has 0 bridgehead atoms. The number of nitrogens with one attached hydrogen (secondary N) is 3. The summed E-state index contributed by atoms with van der Waals surface area (Å²) in [5, 5.41) is 20.7. The number of alkyl halides is 3. The van der Waals surface area contributed by atoms with Crippen LogP contribution in [-0.2, 0) is 9.73 Å². The Hall–Kier alpha value is -4.54. The van der Waals surface area contributed by atoms with Gasteiger partial charge in [0.15, 0.2) is 5.69 Å². The molecule has 0 fully saturated rings. The summed E-state index contributed by atoms with van der Waals surface area (Å²) in [6.07, 6.45) is -2.35. The van der Waals surface area contributed by atoms with Gasteiger partial charge in [-0.1, -0.05) is 5.16 Å². The quantitative estimate of drug-likeness (QED) is 0.151. The number of amides is 1. The second-order valence-corrected chi connectivity index (χ2v) is 7.30. The highest BCUT2D eigenvalue weighted by atomic mass is 79.9. The molecule has 0 spiro atoms. The largest absolute Gasteiger partial charge is 0.490 e. The first-order chi connectivity index (χ1) is 17.0. The maximum atomic E-state index is 13.2. The molecule has 0 saturated heterocycles. The number of halogens is 5. The van der Waals surface area contributed by atoms with Crippen molar-refractivity contribution in [2.45, 2.75) is 6.18 Å². The molecule has 0 atom stereocenters. The number of rotatable bonds is 6. The van der Waals surface area contributed by atoms with Crippen LogP contribution in [0.25, 0.3) is 11.0 Å². The predicted octanol–water partition coefficient (Wildman–Crippen LogP) is 4.11. The highest BCUT2D eigenvalue weighted by Crippen LogP contribution is 2.20. The molecule has 4 rings (SSSR count). The fraction of sp³-hybridized carbons (Fsp3) is 0.0526. The minimum atomic E-state index is -5.08. The maximum Gasteiger partial charge on any atom is 0.490 e. The summed E-state index contributed by atoms with van der Waals surface area (Å²) < 4.78 is 49.8. The normalized spacial score (nSPS) is 11.1. The molecule has 17 heteroatoms. The van der Waals surface area contributed by atoms with Crippen molar-refractivity contribution < 1.29 is 41.8 Å². The van der Waals surface area contributed by atoms with Crippen molar-refractivity contribution in [3.05, 3.63) is 64.3 Å². The van der Waals surface area contributed by atoms with E-state index in [1.165, 1.54) is 24.4 Å². The molecule has 188 valence electrons.